The van der Waals surface area contributed by atoms with Gasteiger partial charge in [-0.3, -0.25) is 0 Å². The number of esters is 1. The van der Waals surface area contributed by atoms with Gasteiger partial charge in [0.2, 0.25) is 0 Å². The SMILES string of the molecule is CCOC(=O)c1ccc(C(F)(F)F)c(/C=N/N(C)C)c1Cl. The summed E-state index contributed by atoms with van der Waals surface area (Å²) in [6, 6.07) is 1.78. The zero-order valence-corrected chi connectivity index (χ0v) is 12.4. The van der Waals surface area contributed by atoms with Gasteiger partial charge in [0.25, 0.3) is 0 Å². The van der Waals surface area contributed by atoms with Gasteiger partial charge < -0.3 is 9.75 Å². The fraction of sp³-hybridized carbons (Fsp3) is 0.385. The van der Waals surface area contributed by atoms with Gasteiger partial charge in [-0.2, -0.15) is 18.3 Å². The first-order valence-corrected chi connectivity index (χ1v) is 6.34. The summed E-state index contributed by atoms with van der Waals surface area (Å²) in [5.41, 5.74) is -1.47. The van der Waals surface area contributed by atoms with Crippen LogP contribution in [0.2, 0.25) is 5.02 Å². The van der Waals surface area contributed by atoms with Gasteiger partial charge in [-0.1, -0.05) is 11.6 Å². The summed E-state index contributed by atoms with van der Waals surface area (Å²) >= 11 is 5.92. The van der Waals surface area contributed by atoms with Gasteiger partial charge in [-0.15, -0.1) is 0 Å². The van der Waals surface area contributed by atoms with Crippen LogP contribution in [-0.2, 0) is 10.9 Å². The van der Waals surface area contributed by atoms with Gasteiger partial charge in [0.15, 0.2) is 0 Å². The molecule has 21 heavy (non-hydrogen) atoms. The summed E-state index contributed by atoms with van der Waals surface area (Å²) in [6.45, 7) is 1.68. The van der Waals surface area contributed by atoms with Crippen molar-refractivity contribution in [1.29, 1.82) is 0 Å². The highest BCUT2D eigenvalue weighted by atomic mass is 35.5. The van der Waals surface area contributed by atoms with E-state index in [4.69, 9.17) is 16.3 Å². The summed E-state index contributed by atoms with van der Waals surface area (Å²) < 4.78 is 43.7. The van der Waals surface area contributed by atoms with Crippen molar-refractivity contribution in [2.24, 2.45) is 5.10 Å². The molecule has 1 rings (SSSR count). The lowest BCUT2D eigenvalue weighted by molar-refractivity contribution is -0.137. The Kier molecular flexibility index (Phi) is 5.60. The number of hydrogen-bond acceptors (Lipinski definition) is 4. The Bertz CT molecular complexity index is 557. The molecule has 8 heteroatoms. The summed E-state index contributed by atoms with van der Waals surface area (Å²) in [4.78, 5) is 11.7. The Morgan fingerprint density at radius 2 is 2.05 bits per heavy atom. The molecule has 0 fully saturated rings. The molecule has 0 saturated carbocycles. The van der Waals surface area contributed by atoms with Crippen LogP contribution in [0.15, 0.2) is 17.2 Å². The Labute approximate surface area is 125 Å². The second-order valence-electron chi connectivity index (χ2n) is 4.20. The van der Waals surface area contributed by atoms with E-state index in [2.05, 4.69) is 5.10 Å². The topological polar surface area (TPSA) is 41.9 Å². The summed E-state index contributed by atoms with van der Waals surface area (Å²) in [5.74, 6) is -0.782. The van der Waals surface area contributed by atoms with E-state index in [9.17, 15) is 18.0 Å². The zero-order chi connectivity index (χ0) is 16.2. The number of alkyl halides is 3. The Hall–Kier alpha value is -1.76. The van der Waals surface area contributed by atoms with Crippen molar-refractivity contribution in [2.75, 3.05) is 20.7 Å². The third-order valence-electron chi connectivity index (χ3n) is 2.40. The number of benzene rings is 1. The average Bonchev–Trinajstić information content (AvgIpc) is 2.35. The maximum atomic E-state index is 13.0. The Morgan fingerprint density at radius 1 is 1.43 bits per heavy atom. The van der Waals surface area contributed by atoms with E-state index in [0.717, 1.165) is 18.3 Å². The van der Waals surface area contributed by atoms with Gasteiger partial charge in [-0.05, 0) is 19.1 Å². The van der Waals surface area contributed by atoms with Crippen LogP contribution in [0, 0.1) is 0 Å². The monoisotopic (exact) mass is 322 g/mol. The Balaban J connectivity index is 3.44. The number of nitrogens with zero attached hydrogens (tertiary/aromatic N) is 2. The molecule has 0 atom stereocenters. The number of hydrogen-bond donors (Lipinski definition) is 0. The van der Waals surface area contributed by atoms with E-state index in [0.29, 0.717) is 0 Å². The highest BCUT2D eigenvalue weighted by Crippen LogP contribution is 2.36. The van der Waals surface area contributed by atoms with Crippen molar-refractivity contribution in [3.05, 3.63) is 33.8 Å². The minimum Gasteiger partial charge on any atom is -0.462 e. The molecule has 0 aliphatic rings. The number of carbonyl (C=O) groups excluding carboxylic acids is 1. The van der Waals surface area contributed by atoms with E-state index in [1.165, 1.54) is 5.01 Å². The number of carbonyl (C=O) groups is 1. The largest absolute Gasteiger partial charge is 0.462 e. The molecule has 0 aromatic heterocycles. The predicted molar refractivity (Wildman–Crippen MR) is 73.7 cm³/mol. The molecule has 0 aliphatic carbocycles. The third-order valence-corrected chi connectivity index (χ3v) is 2.81. The molecule has 0 amide bonds. The average molecular weight is 323 g/mol. The maximum absolute atomic E-state index is 13.0. The van der Waals surface area contributed by atoms with Crippen molar-refractivity contribution in [2.45, 2.75) is 13.1 Å². The molecule has 0 spiro atoms. The van der Waals surface area contributed by atoms with Gasteiger partial charge in [0, 0.05) is 19.7 Å². The van der Waals surface area contributed by atoms with Crippen LogP contribution in [0.5, 0.6) is 0 Å². The summed E-state index contributed by atoms with van der Waals surface area (Å²) in [7, 11) is 3.10. The quantitative estimate of drug-likeness (QED) is 0.484. The smallest absolute Gasteiger partial charge is 0.417 e. The molecule has 4 nitrogen and oxygen atoms in total. The number of rotatable bonds is 4. The van der Waals surface area contributed by atoms with Crippen LogP contribution in [0.4, 0.5) is 13.2 Å². The second kappa shape index (κ2) is 6.80. The number of ether oxygens (including phenoxy) is 1. The van der Waals surface area contributed by atoms with Crippen LogP contribution in [0.25, 0.3) is 0 Å². The van der Waals surface area contributed by atoms with Gasteiger partial charge in [0.1, 0.15) is 0 Å². The fourth-order valence-electron chi connectivity index (χ4n) is 1.51. The predicted octanol–water partition coefficient (Wildman–Crippen LogP) is 3.43. The summed E-state index contributed by atoms with van der Waals surface area (Å²) in [6.07, 6.45) is -3.64. The molecule has 0 unspecified atom stereocenters. The lowest BCUT2D eigenvalue weighted by atomic mass is 10.0. The van der Waals surface area contributed by atoms with E-state index in [-0.39, 0.29) is 22.8 Å². The zero-order valence-electron chi connectivity index (χ0n) is 11.7. The minimum absolute atomic E-state index is 0.0945. The van der Waals surface area contributed by atoms with Gasteiger partial charge >= 0.3 is 12.1 Å². The molecule has 0 saturated heterocycles. The molecular formula is C13H14ClF3N2O2. The first-order chi connectivity index (χ1) is 9.68. The van der Waals surface area contributed by atoms with Crippen molar-refractivity contribution in [3.63, 3.8) is 0 Å². The molecule has 1 aromatic rings. The van der Waals surface area contributed by atoms with Gasteiger partial charge in [0.05, 0.1) is 29.0 Å². The van der Waals surface area contributed by atoms with E-state index < -0.39 is 17.7 Å². The van der Waals surface area contributed by atoms with Crippen LogP contribution >= 0.6 is 11.6 Å². The van der Waals surface area contributed by atoms with E-state index in [1.807, 2.05) is 0 Å². The molecule has 0 aliphatic heterocycles. The van der Waals surface area contributed by atoms with Crippen LogP contribution in [0.3, 0.4) is 0 Å². The standard InChI is InChI=1S/C13H14ClF3N2O2/c1-4-21-12(20)8-5-6-10(13(15,16)17)9(11(8)14)7-18-19(2)3/h5-7H,4H2,1-3H3/b18-7+. The Morgan fingerprint density at radius 3 is 2.52 bits per heavy atom. The van der Waals surface area contributed by atoms with E-state index >= 15 is 0 Å². The molecule has 0 radical (unpaired) electrons. The van der Waals surface area contributed by atoms with Crippen LogP contribution in [-0.4, -0.2) is 37.9 Å². The molecule has 0 N–H and O–H groups in total. The molecule has 0 bridgehead atoms. The van der Waals surface area contributed by atoms with Crippen LogP contribution < -0.4 is 0 Å². The van der Waals surface area contributed by atoms with E-state index in [1.54, 1.807) is 21.0 Å². The highest BCUT2D eigenvalue weighted by Gasteiger charge is 2.35. The molecular weight excluding hydrogens is 309 g/mol. The number of hydrazone groups is 1. The fourth-order valence-corrected chi connectivity index (χ4v) is 1.80. The summed E-state index contributed by atoms with van der Waals surface area (Å²) in [5, 5.41) is 4.72. The molecule has 116 valence electrons. The van der Waals surface area contributed by atoms with Crippen molar-refractivity contribution in [3.8, 4) is 0 Å². The maximum Gasteiger partial charge on any atom is 0.417 e. The third kappa shape index (κ3) is 4.35. The first-order valence-electron chi connectivity index (χ1n) is 5.96. The normalized spacial score (nSPS) is 11.8. The van der Waals surface area contributed by atoms with Crippen molar-refractivity contribution < 1.29 is 22.7 Å². The van der Waals surface area contributed by atoms with Gasteiger partial charge in [-0.25, -0.2) is 4.79 Å². The molecule has 0 heterocycles. The highest BCUT2D eigenvalue weighted by molar-refractivity contribution is 6.36. The first kappa shape index (κ1) is 17.3. The minimum atomic E-state index is -4.61. The van der Waals surface area contributed by atoms with Crippen LogP contribution in [0.1, 0.15) is 28.4 Å². The lowest BCUT2D eigenvalue weighted by Crippen LogP contribution is -2.14. The van der Waals surface area contributed by atoms with Crippen molar-refractivity contribution in [1.82, 2.24) is 5.01 Å². The number of halogens is 4. The second-order valence-corrected chi connectivity index (χ2v) is 4.58. The molecule has 1 aromatic carbocycles. The van der Waals surface area contributed by atoms with Crippen molar-refractivity contribution >= 4 is 23.8 Å². The lowest BCUT2D eigenvalue weighted by Gasteiger charge is -2.14.